The van der Waals surface area contributed by atoms with Crippen LogP contribution >= 0.6 is 11.3 Å². The molecule has 2 heterocycles. The molecule has 0 radical (unpaired) electrons. The molecule has 0 aliphatic rings. The maximum atomic E-state index is 11.5. The Hall–Kier alpha value is -1.49. The Morgan fingerprint density at radius 1 is 1.50 bits per heavy atom. The van der Waals surface area contributed by atoms with Crippen LogP contribution in [-0.2, 0) is 11.2 Å². The number of aryl methyl sites for hydroxylation is 1. The fourth-order valence-corrected chi connectivity index (χ4v) is 2.21. The molecule has 0 saturated carbocycles. The van der Waals surface area contributed by atoms with Crippen molar-refractivity contribution in [1.82, 2.24) is 10.1 Å². The summed E-state index contributed by atoms with van der Waals surface area (Å²) in [4.78, 5) is 16.8. The van der Waals surface area contributed by atoms with Crippen LogP contribution < -0.4 is 0 Å². The number of hydrogen-bond donors (Lipinski definition) is 0. The van der Waals surface area contributed by atoms with Gasteiger partial charge in [-0.3, -0.25) is 4.79 Å². The summed E-state index contributed by atoms with van der Waals surface area (Å²) < 4.78 is 5.16. The molecule has 4 nitrogen and oxygen atoms in total. The van der Waals surface area contributed by atoms with Crippen molar-refractivity contribution in [3.8, 4) is 10.7 Å². The van der Waals surface area contributed by atoms with Crippen LogP contribution in [0.2, 0.25) is 0 Å². The second-order valence-corrected chi connectivity index (χ2v) is 5.41. The van der Waals surface area contributed by atoms with E-state index in [0.29, 0.717) is 24.6 Å². The van der Waals surface area contributed by atoms with Crippen molar-refractivity contribution in [2.24, 2.45) is 5.92 Å². The summed E-state index contributed by atoms with van der Waals surface area (Å²) in [6.07, 6.45) is 2.01. The number of Topliss-reactive ketones (excluding diaryl/α,β-unsaturated/α-hetero) is 1. The number of thiophene rings is 1. The van der Waals surface area contributed by atoms with E-state index < -0.39 is 0 Å². The SMILES string of the molecule is CC(C)C(=O)CCCc1nc(-c2cccs2)no1. The van der Waals surface area contributed by atoms with Crippen molar-refractivity contribution in [2.75, 3.05) is 0 Å². The first-order chi connectivity index (χ1) is 8.66. The monoisotopic (exact) mass is 264 g/mol. The minimum Gasteiger partial charge on any atom is -0.339 e. The summed E-state index contributed by atoms with van der Waals surface area (Å²) in [5.41, 5.74) is 0. The maximum absolute atomic E-state index is 11.5. The van der Waals surface area contributed by atoms with Crippen LogP contribution in [0.5, 0.6) is 0 Å². The van der Waals surface area contributed by atoms with Crippen LogP contribution in [0.3, 0.4) is 0 Å². The first-order valence-corrected chi connectivity index (χ1v) is 6.94. The minimum absolute atomic E-state index is 0.106. The highest BCUT2D eigenvalue weighted by Crippen LogP contribution is 2.21. The molecule has 2 rings (SSSR count). The average molecular weight is 264 g/mol. The molecule has 0 N–H and O–H groups in total. The molecule has 2 aromatic rings. The second kappa shape index (κ2) is 5.91. The number of hydrogen-bond acceptors (Lipinski definition) is 5. The van der Waals surface area contributed by atoms with Crippen LogP contribution in [0, 0.1) is 5.92 Å². The van der Waals surface area contributed by atoms with E-state index in [2.05, 4.69) is 10.1 Å². The normalized spacial score (nSPS) is 11.1. The van der Waals surface area contributed by atoms with Gasteiger partial charge in [0.15, 0.2) is 0 Å². The second-order valence-electron chi connectivity index (χ2n) is 4.46. The molecule has 0 aromatic carbocycles. The number of nitrogens with zero attached hydrogens (tertiary/aromatic N) is 2. The lowest BCUT2D eigenvalue weighted by Gasteiger charge is -2.01. The maximum Gasteiger partial charge on any atom is 0.226 e. The fraction of sp³-hybridized carbons (Fsp3) is 0.462. The van der Waals surface area contributed by atoms with Gasteiger partial charge in [0.25, 0.3) is 0 Å². The molecule has 0 saturated heterocycles. The average Bonchev–Trinajstić information content (AvgIpc) is 2.98. The molecule has 0 aliphatic heterocycles. The summed E-state index contributed by atoms with van der Waals surface area (Å²) in [6.45, 7) is 3.84. The highest BCUT2D eigenvalue weighted by molar-refractivity contribution is 7.13. The standard InChI is InChI=1S/C13H16N2O2S/c1-9(2)10(16)5-3-7-12-14-13(15-17-12)11-6-4-8-18-11/h4,6,8-9H,3,5,7H2,1-2H3. The summed E-state index contributed by atoms with van der Waals surface area (Å²) in [5.74, 6) is 1.63. The van der Waals surface area contributed by atoms with Gasteiger partial charge in [0.1, 0.15) is 5.78 Å². The van der Waals surface area contributed by atoms with E-state index in [1.807, 2.05) is 31.4 Å². The van der Waals surface area contributed by atoms with Crippen LogP contribution in [0.25, 0.3) is 10.7 Å². The largest absolute Gasteiger partial charge is 0.339 e. The Morgan fingerprint density at radius 2 is 2.33 bits per heavy atom. The van der Waals surface area contributed by atoms with Gasteiger partial charge in [-0.25, -0.2) is 0 Å². The summed E-state index contributed by atoms with van der Waals surface area (Å²) in [7, 11) is 0. The van der Waals surface area contributed by atoms with Gasteiger partial charge < -0.3 is 4.52 Å². The molecule has 0 amide bonds. The number of carbonyl (C=O) groups excluding carboxylic acids is 1. The van der Waals surface area contributed by atoms with Gasteiger partial charge in [-0.15, -0.1) is 11.3 Å². The highest BCUT2D eigenvalue weighted by Gasteiger charge is 2.11. The number of rotatable bonds is 6. The van der Waals surface area contributed by atoms with E-state index >= 15 is 0 Å². The van der Waals surface area contributed by atoms with E-state index in [-0.39, 0.29) is 11.7 Å². The topological polar surface area (TPSA) is 56.0 Å². The van der Waals surface area contributed by atoms with Crippen molar-refractivity contribution in [3.63, 3.8) is 0 Å². The van der Waals surface area contributed by atoms with Crippen LogP contribution in [-0.4, -0.2) is 15.9 Å². The Morgan fingerprint density at radius 3 is 3.00 bits per heavy atom. The summed E-state index contributed by atoms with van der Waals surface area (Å²) in [6, 6.07) is 3.92. The Labute approximate surface area is 110 Å². The molecule has 2 aromatic heterocycles. The zero-order chi connectivity index (χ0) is 13.0. The van der Waals surface area contributed by atoms with E-state index in [4.69, 9.17) is 4.52 Å². The fourth-order valence-electron chi connectivity index (χ4n) is 1.56. The molecule has 96 valence electrons. The lowest BCUT2D eigenvalue weighted by atomic mass is 10.0. The van der Waals surface area contributed by atoms with Gasteiger partial charge >= 0.3 is 0 Å². The van der Waals surface area contributed by atoms with Crippen molar-refractivity contribution < 1.29 is 9.32 Å². The number of aromatic nitrogens is 2. The van der Waals surface area contributed by atoms with E-state index in [0.717, 1.165) is 11.3 Å². The quantitative estimate of drug-likeness (QED) is 0.803. The first-order valence-electron chi connectivity index (χ1n) is 6.06. The van der Waals surface area contributed by atoms with Crippen LogP contribution in [0.4, 0.5) is 0 Å². The van der Waals surface area contributed by atoms with Crippen molar-refractivity contribution in [3.05, 3.63) is 23.4 Å². The lowest BCUT2D eigenvalue weighted by Crippen LogP contribution is -2.06. The summed E-state index contributed by atoms with van der Waals surface area (Å²) >= 11 is 1.58. The van der Waals surface area contributed by atoms with E-state index in [1.165, 1.54) is 0 Å². The third-order valence-corrected chi connectivity index (χ3v) is 3.53. The smallest absolute Gasteiger partial charge is 0.226 e. The van der Waals surface area contributed by atoms with Crippen LogP contribution in [0.1, 0.15) is 32.6 Å². The molecular weight excluding hydrogens is 248 g/mol. The first kappa shape index (κ1) is 13.0. The number of carbonyl (C=O) groups is 1. The molecule has 0 spiro atoms. The zero-order valence-corrected chi connectivity index (χ0v) is 11.4. The Bertz CT molecular complexity index is 503. The van der Waals surface area contributed by atoms with Crippen LogP contribution in [0.15, 0.2) is 22.0 Å². The van der Waals surface area contributed by atoms with Crippen molar-refractivity contribution >= 4 is 17.1 Å². The van der Waals surface area contributed by atoms with Gasteiger partial charge in [-0.05, 0) is 17.9 Å². The third kappa shape index (κ3) is 3.26. The van der Waals surface area contributed by atoms with Gasteiger partial charge in [0.05, 0.1) is 4.88 Å². The molecule has 18 heavy (non-hydrogen) atoms. The molecule has 0 bridgehead atoms. The van der Waals surface area contributed by atoms with Crippen molar-refractivity contribution in [1.29, 1.82) is 0 Å². The third-order valence-electron chi connectivity index (χ3n) is 2.67. The van der Waals surface area contributed by atoms with Gasteiger partial charge in [-0.2, -0.15) is 4.98 Å². The Kier molecular flexibility index (Phi) is 4.25. The van der Waals surface area contributed by atoms with Gasteiger partial charge in [0.2, 0.25) is 11.7 Å². The predicted molar refractivity (Wildman–Crippen MR) is 70.4 cm³/mol. The predicted octanol–water partition coefficient (Wildman–Crippen LogP) is 3.35. The zero-order valence-electron chi connectivity index (χ0n) is 10.5. The summed E-state index contributed by atoms with van der Waals surface area (Å²) in [5, 5.41) is 5.91. The number of ketones is 1. The van der Waals surface area contributed by atoms with E-state index in [1.54, 1.807) is 11.3 Å². The molecule has 5 heteroatoms. The Balaban J connectivity index is 1.86. The lowest BCUT2D eigenvalue weighted by molar-refractivity contribution is -0.121. The molecule has 0 fully saturated rings. The minimum atomic E-state index is 0.106. The molecule has 0 aliphatic carbocycles. The van der Waals surface area contributed by atoms with Gasteiger partial charge in [0, 0.05) is 18.8 Å². The molecule has 0 atom stereocenters. The highest BCUT2D eigenvalue weighted by atomic mass is 32.1. The molecular formula is C13H16N2O2S. The van der Waals surface area contributed by atoms with Crippen molar-refractivity contribution in [2.45, 2.75) is 33.1 Å². The van der Waals surface area contributed by atoms with Gasteiger partial charge in [-0.1, -0.05) is 25.1 Å². The van der Waals surface area contributed by atoms with E-state index in [9.17, 15) is 4.79 Å². The molecule has 0 unspecified atom stereocenters.